The maximum atomic E-state index is 12.4. The summed E-state index contributed by atoms with van der Waals surface area (Å²) < 4.78 is 0. The van der Waals surface area contributed by atoms with Gasteiger partial charge in [0.05, 0.1) is 5.56 Å². The molecule has 0 amide bonds. The summed E-state index contributed by atoms with van der Waals surface area (Å²) >= 11 is 1.56. The minimum atomic E-state index is -0.167. The first-order chi connectivity index (χ1) is 9.77. The lowest BCUT2D eigenvalue weighted by atomic mass is 9.98. The van der Waals surface area contributed by atoms with Gasteiger partial charge in [0, 0.05) is 11.1 Å². The van der Waals surface area contributed by atoms with Crippen LogP contribution in [0.3, 0.4) is 0 Å². The summed E-state index contributed by atoms with van der Waals surface area (Å²) in [7, 11) is 0. The van der Waals surface area contributed by atoms with Crippen LogP contribution >= 0.6 is 11.3 Å². The Labute approximate surface area is 121 Å². The molecule has 0 saturated carbocycles. The van der Waals surface area contributed by atoms with Crippen molar-refractivity contribution in [3.8, 4) is 16.9 Å². The van der Waals surface area contributed by atoms with Crippen LogP contribution in [-0.4, -0.2) is 10.9 Å². The Bertz CT molecular complexity index is 731. The molecule has 2 nitrogen and oxygen atoms in total. The van der Waals surface area contributed by atoms with Gasteiger partial charge >= 0.3 is 0 Å². The van der Waals surface area contributed by atoms with E-state index < -0.39 is 0 Å². The van der Waals surface area contributed by atoms with Crippen molar-refractivity contribution < 1.29 is 9.90 Å². The van der Waals surface area contributed by atoms with Crippen molar-refractivity contribution in [1.82, 2.24) is 0 Å². The van der Waals surface area contributed by atoms with E-state index in [0.29, 0.717) is 16.7 Å². The quantitative estimate of drug-likeness (QED) is 0.724. The molecule has 0 aliphatic rings. The molecule has 0 radical (unpaired) electrons. The van der Waals surface area contributed by atoms with Crippen LogP contribution in [0.15, 0.2) is 65.4 Å². The number of para-hydroxylation sites is 1. The normalized spacial score (nSPS) is 10.4. The standard InChI is InChI=1S/C17H12O2S/c18-16(12-5-2-1-3-6-12)15-8-4-7-14(17(15)19)13-9-10-20-11-13/h1-11,19H. The van der Waals surface area contributed by atoms with Gasteiger partial charge in [-0.05, 0) is 28.5 Å². The summed E-state index contributed by atoms with van der Waals surface area (Å²) in [6, 6.07) is 16.2. The van der Waals surface area contributed by atoms with E-state index in [1.165, 1.54) is 0 Å². The van der Waals surface area contributed by atoms with Crippen molar-refractivity contribution in [2.75, 3.05) is 0 Å². The van der Waals surface area contributed by atoms with Crippen LogP contribution in [0.5, 0.6) is 5.75 Å². The van der Waals surface area contributed by atoms with Gasteiger partial charge in [0.15, 0.2) is 5.78 Å². The maximum Gasteiger partial charge on any atom is 0.196 e. The van der Waals surface area contributed by atoms with Crippen molar-refractivity contribution in [3.05, 3.63) is 76.5 Å². The fourth-order valence-electron chi connectivity index (χ4n) is 2.12. The highest BCUT2D eigenvalue weighted by Crippen LogP contribution is 2.34. The number of benzene rings is 2. The fourth-order valence-corrected chi connectivity index (χ4v) is 2.78. The molecule has 0 spiro atoms. The maximum absolute atomic E-state index is 12.4. The zero-order chi connectivity index (χ0) is 13.9. The number of rotatable bonds is 3. The summed E-state index contributed by atoms with van der Waals surface area (Å²) in [6.07, 6.45) is 0. The third-order valence-electron chi connectivity index (χ3n) is 3.15. The van der Waals surface area contributed by atoms with Crippen molar-refractivity contribution in [2.24, 2.45) is 0 Å². The van der Waals surface area contributed by atoms with E-state index >= 15 is 0 Å². The molecule has 0 unspecified atom stereocenters. The molecule has 3 heteroatoms. The van der Waals surface area contributed by atoms with Crippen LogP contribution in [0.25, 0.3) is 11.1 Å². The molecular weight excluding hydrogens is 268 g/mol. The predicted octanol–water partition coefficient (Wildman–Crippen LogP) is 4.35. The molecule has 20 heavy (non-hydrogen) atoms. The van der Waals surface area contributed by atoms with Gasteiger partial charge in [0.2, 0.25) is 0 Å². The fraction of sp³-hybridized carbons (Fsp3) is 0. The monoisotopic (exact) mass is 280 g/mol. The second kappa shape index (κ2) is 5.31. The second-order valence-corrected chi connectivity index (χ2v) is 5.19. The van der Waals surface area contributed by atoms with Gasteiger partial charge in [-0.1, -0.05) is 42.5 Å². The third-order valence-corrected chi connectivity index (χ3v) is 3.83. The van der Waals surface area contributed by atoms with Gasteiger partial charge in [-0.2, -0.15) is 11.3 Å². The highest BCUT2D eigenvalue weighted by atomic mass is 32.1. The molecule has 1 N–H and O–H groups in total. The summed E-state index contributed by atoms with van der Waals surface area (Å²) in [5.41, 5.74) is 2.52. The van der Waals surface area contributed by atoms with Crippen molar-refractivity contribution in [2.45, 2.75) is 0 Å². The van der Waals surface area contributed by atoms with Gasteiger partial charge in [-0.25, -0.2) is 0 Å². The van der Waals surface area contributed by atoms with Crippen LogP contribution in [0.4, 0.5) is 0 Å². The molecule has 0 aliphatic carbocycles. The SMILES string of the molecule is O=C(c1ccccc1)c1cccc(-c2ccsc2)c1O. The molecule has 1 aromatic heterocycles. The highest BCUT2D eigenvalue weighted by molar-refractivity contribution is 7.08. The van der Waals surface area contributed by atoms with Crippen LogP contribution in [0.1, 0.15) is 15.9 Å². The van der Waals surface area contributed by atoms with E-state index in [4.69, 9.17) is 0 Å². The van der Waals surface area contributed by atoms with E-state index in [0.717, 1.165) is 5.56 Å². The van der Waals surface area contributed by atoms with E-state index in [9.17, 15) is 9.90 Å². The number of thiophene rings is 1. The number of phenols is 1. The largest absolute Gasteiger partial charge is 0.507 e. The Hall–Kier alpha value is -2.39. The zero-order valence-electron chi connectivity index (χ0n) is 10.6. The first-order valence-corrected chi connectivity index (χ1v) is 7.16. The van der Waals surface area contributed by atoms with Gasteiger partial charge in [-0.3, -0.25) is 4.79 Å². The molecule has 0 saturated heterocycles. The molecular formula is C17H12O2S. The lowest BCUT2D eigenvalue weighted by molar-refractivity contribution is 0.103. The Balaban J connectivity index is 2.08. The third kappa shape index (κ3) is 2.24. The summed E-state index contributed by atoms with van der Waals surface area (Å²) in [5, 5.41) is 14.3. The van der Waals surface area contributed by atoms with E-state index in [1.807, 2.05) is 41.1 Å². The second-order valence-electron chi connectivity index (χ2n) is 4.41. The summed E-state index contributed by atoms with van der Waals surface area (Å²) in [5.74, 6) is -0.125. The molecule has 0 bridgehead atoms. The smallest absolute Gasteiger partial charge is 0.196 e. The number of hydrogen-bond acceptors (Lipinski definition) is 3. The summed E-state index contributed by atoms with van der Waals surface area (Å²) in [6.45, 7) is 0. The van der Waals surface area contributed by atoms with Crippen LogP contribution in [0, 0.1) is 0 Å². The van der Waals surface area contributed by atoms with E-state index in [-0.39, 0.29) is 11.5 Å². The van der Waals surface area contributed by atoms with Crippen molar-refractivity contribution >= 4 is 17.1 Å². The van der Waals surface area contributed by atoms with Crippen LogP contribution in [-0.2, 0) is 0 Å². The molecule has 98 valence electrons. The average molecular weight is 280 g/mol. The van der Waals surface area contributed by atoms with E-state index in [1.54, 1.807) is 35.6 Å². The van der Waals surface area contributed by atoms with Crippen molar-refractivity contribution in [3.63, 3.8) is 0 Å². The highest BCUT2D eigenvalue weighted by Gasteiger charge is 2.16. The van der Waals surface area contributed by atoms with Gasteiger partial charge < -0.3 is 5.11 Å². The van der Waals surface area contributed by atoms with Gasteiger partial charge in [-0.15, -0.1) is 0 Å². The molecule has 3 aromatic rings. The number of hydrogen-bond donors (Lipinski definition) is 1. The Kier molecular flexibility index (Phi) is 3.35. The minimum absolute atomic E-state index is 0.0414. The Morgan fingerprint density at radius 2 is 1.75 bits per heavy atom. The van der Waals surface area contributed by atoms with Crippen LogP contribution < -0.4 is 0 Å². The predicted molar refractivity (Wildman–Crippen MR) is 81.3 cm³/mol. The lowest BCUT2D eigenvalue weighted by Gasteiger charge is -2.08. The molecule has 0 fully saturated rings. The van der Waals surface area contributed by atoms with Crippen molar-refractivity contribution in [1.29, 1.82) is 0 Å². The number of aromatic hydroxyl groups is 1. The molecule has 3 rings (SSSR count). The lowest BCUT2D eigenvalue weighted by Crippen LogP contribution is -2.01. The molecule has 0 aliphatic heterocycles. The zero-order valence-corrected chi connectivity index (χ0v) is 11.4. The van der Waals surface area contributed by atoms with Gasteiger partial charge in [0.1, 0.15) is 5.75 Å². The topological polar surface area (TPSA) is 37.3 Å². The van der Waals surface area contributed by atoms with Crippen LogP contribution in [0.2, 0.25) is 0 Å². The van der Waals surface area contributed by atoms with Gasteiger partial charge in [0.25, 0.3) is 0 Å². The molecule has 2 aromatic carbocycles. The molecule has 0 atom stereocenters. The summed E-state index contributed by atoms with van der Waals surface area (Å²) in [4.78, 5) is 12.4. The number of carbonyl (C=O) groups excluding carboxylic acids is 1. The first-order valence-electron chi connectivity index (χ1n) is 6.21. The molecule has 1 heterocycles. The minimum Gasteiger partial charge on any atom is -0.507 e. The number of carbonyl (C=O) groups is 1. The Morgan fingerprint density at radius 3 is 2.45 bits per heavy atom. The first kappa shape index (κ1) is 12.6. The number of phenolic OH excluding ortho intramolecular Hbond substituents is 1. The number of ketones is 1. The average Bonchev–Trinajstić information content (AvgIpc) is 3.02. The van der Waals surface area contributed by atoms with E-state index in [2.05, 4.69) is 0 Å². The Morgan fingerprint density at radius 1 is 0.950 bits per heavy atom.